The van der Waals surface area contributed by atoms with Crippen molar-refractivity contribution in [1.29, 1.82) is 0 Å². The maximum atomic E-state index is 11.5. The van der Waals surface area contributed by atoms with Crippen LogP contribution in [0.3, 0.4) is 0 Å². The van der Waals surface area contributed by atoms with Gasteiger partial charge in [0.15, 0.2) is 5.82 Å². The quantitative estimate of drug-likeness (QED) is 0.535. The largest absolute Gasteiger partial charge is 0.476 e. The van der Waals surface area contributed by atoms with Gasteiger partial charge in [0.1, 0.15) is 0 Å². The van der Waals surface area contributed by atoms with Crippen LogP contribution in [0.2, 0.25) is 0 Å². The van der Waals surface area contributed by atoms with Crippen molar-refractivity contribution in [2.24, 2.45) is 0 Å². The molecule has 0 amide bonds. The number of carboxylic acid groups (broad SMARTS) is 1. The van der Waals surface area contributed by atoms with E-state index in [0.29, 0.717) is 12.2 Å². The highest BCUT2D eigenvalue weighted by atomic mass is 16.6. The highest BCUT2D eigenvalue weighted by molar-refractivity contribution is 5.90. The topological polar surface area (TPSA) is 114 Å². The summed E-state index contributed by atoms with van der Waals surface area (Å²) in [6.45, 7) is 0.439. The van der Waals surface area contributed by atoms with Crippen LogP contribution < -0.4 is 4.90 Å². The Kier molecular flexibility index (Phi) is 4.61. The molecule has 1 N–H and O–H groups in total. The second-order valence-electron chi connectivity index (χ2n) is 5.59. The van der Waals surface area contributed by atoms with Gasteiger partial charge in [-0.3, -0.25) is 10.1 Å². The summed E-state index contributed by atoms with van der Waals surface area (Å²) in [6, 6.07) is 15.2. The van der Waals surface area contributed by atoms with E-state index in [1.165, 1.54) is 18.2 Å². The van der Waals surface area contributed by atoms with Gasteiger partial charge in [-0.15, -0.1) is 15.0 Å². The molecule has 2 aromatic carbocycles. The van der Waals surface area contributed by atoms with Gasteiger partial charge in [-0.05, 0) is 11.6 Å². The van der Waals surface area contributed by atoms with Gasteiger partial charge in [-0.1, -0.05) is 36.4 Å². The molecule has 0 atom stereocenters. The lowest BCUT2D eigenvalue weighted by Crippen LogP contribution is -2.19. The van der Waals surface area contributed by atoms with Crippen molar-refractivity contribution in [2.45, 2.75) is 6.54 Å². The summed E-state index contributed by atoms with van der Waals surface area (Å²) in [4.78, 5) is 24.7. The minimum Gasteiger partial charge on any atom is -0.476 e. The molecule has 132 valence electrons. The molecule has 0 radical (unpaired) electrons. The zero-order chi connectivity index (χ0) is 18.7. The number of carboxylic acids is 1. The molecule has 9 nitrogen and oxygen atoms in total. The smallest absolute Gasteiger partial charge is 0.360 e. The molecule has 0 aliphatic carbocycles. The van der Waals surface area contributed by atoms with Crippen molar-refractivity contribution >= 4 is 17.5 Å². The molecule has 9 heteroatoms. The first-order chi connectivity index (χ1) is 12.5. The van der Waals surface area contributed by atoms with E-state index in [4.69, 9.17) is 0 Å². The maximum absolute atomic E-state index is 11.5. The summed E-state index contributed by atoms with van der Waals surface area (Å²) < 4.78 is 0. The number of nitro benzene ring substituents is 1. The summed E-state index contributed by atoms with van der Waals surface area (Å²) in [6.07, 6.45) is 0. The second kappa shape index (κ2) is 7.01. The average molecular weight is 353 g/mol. The zero-order valence-electron chi connectivity index (χ0n) is 13.8. The molecule has 0 spiro atoms. The van der Waals surface area contributed by atoms with E-state index in [0.717, 1.165) is 10.4 Å². The molecule has 3 aromatic rings. The Hall–Kier alpha value is -3.75. The van der Waals surface area contributed by atoms with Crippen molar-refractivity contribution in [1.82, 2.24) is 15.0 Å². The third-order valence-corrected chi connectivity index (χ3v) is 3.69. The van der Waals surface area contributed by atoms with Crippen molar-refractivity contribution in [3.63, 3.8) is 0 Å². The van der Waals surface area contributed by atoms with Gasteiger partial charge in [-0.25, -0.2) is 4.79 Å². The van der Waals surface area contributed by atoms with Crippen LogP contribution in [0.15, 0.2) is 54.6 Å². The molecule has 0 aliphatic rings. The molecule has 1 heterocycles. The number of aromatic nitrogens is 3. The number of hydrogen-bond donors (Lipinski definition) is 1. The molecule has 0 fully saturated rings. The van der Waals surface area contributed by atoms with Crippen LogP contribution in [-0.4, -0.2) is 38.0 Å². The zero-order valence-corrected chi connectivity index (χ0v) is 13.8. The summed E-state index contributed by atoms with van der Waals surface area (Å²) in [7, 11) is 1.71. The first-order valence-corrected chi connectivity index (χ1v) is 7.66. The summed E-state index contributed by atoms with van der Waals surface area (Å²) in [5.74, 6) is -1.05. The van der Waals surface area contributed by atoms with Crippen LogP contribution in [0, 0.1) is 10.1 Å². The molecule has 0 saturated heterocycles. The van der Waals surface area contributed by atoms with E-state index in [2.05, 4.69) is 10.2 Å². The Bertz CT molecular complexity index is 955. The molecule has 3 rings (SSSR count). The second-order valence-corrected chi connectivity index (χ2v) is 5.59. The highest BCUT2D eigenvalue weighted by Gasteiger charge is 2.22. The number of nitro groups is 1. The van der Waals surface area contributed by atoms with E-state index in [-0.39, 0.29) is 17.2 Å². The average Bonchev–Trinajstić information content (AvgIpc) is 3.08. The first-order valence-electron chi connectivity index (χ1n) is 7.66. The van der Waals surface area contributed by atoms with E-state index in [1.54, 1.807) is 18.0 Å². The monoisotopic (exact) mass is 353 g/mol. The Morgan fingerprint density at radius 1 is 1.19 bits per heavy atom. The fourth-order valence-corrected chi connectivity index (χ4v) is 2.47. The predicted octanol–water partition coefficient (Wildman–Crippen LogP) is 2.51. The lowest BCUT2D eigenvalue weighted by Gasteiger charge is -2.16. The Balaban J connectivity index is 1.97. The fourth-order valence-electron chi connectivity index (χ4n) is 2.47. The van der Waals surface area contributed by atoms with Crippen LogP contribution >= 0.6 is 0 Å². The van der Waals surface area contributed by atoms with Gasteiger partial charge >= 0.3 is 5.97 Å². The molecule has 0 bridgehead atoms. The van der Waals surface area contributed by atoms with Crippen molar-refractivity contribution < 1.29 is 14.8 Å². The molecule has 1 aromatic heterocycles. The van der Waals surface area contributed by atoms with E-state index in [1.807, 2.05) is 30.3 Å². The van der Waals surface area contributed by atoms with Gasteiger partial charge < -0.3 is 10.0 Å². The van der Waals surface area contributed by atoms with Crippen LogP contribution in [0.1, 0.15) is 16.1 Å². The van der Waals surface area contributed by atoms with Gasteiger partial charge in [0, 0.05) is 25.7 Å². The number of hydrogen-bond acceptors (Lipinski definition) is 6. The number of rotatable bonds is 6. The lowest BCUT2D eigenvalue weighted by molar-refractivity contribution is -0.384. The molecular weight excluding hydrogens is 338 g/mol. The van der Waals surface area contributed by atoms with Crippen LogP contribution in [0.4, 0.5) is 11.5 Å². The first kappa shape index (κ1) is 17.1. The van der Waals surface area contributed by atoms with Gasteiger partial charge in [-0.2, -0.15) is 0 Å². The van der Waals surface area contributed by atoms with E-state index in [9.17, 15) is 20.0 Å². The number of benzene rings is 2. The SMILES string of the molecule is CN(Cc1ccccc1)c1nn(-c2cccc([N+](=O)[O-])c2)nc1C(=O)O. The van der Waals surface area contributed by atoms with E-state index >= 15 is 0 Å². The highest BCUT2D eigenvalue weighted by Crippen LogP contribution is 2.21. The number of anilines is 1. The summed E-state index contributed by atoms with van der Waals surface area (Å²) in [5.41, 5.74) is 0.933. The normalized spacial score (nSPS) is 10.5. The molecule has 0 unspecified atom stereocenters. The Labute approximate surface area is 148 Å². The van der Waals surface area contributed by atoms with Crippen molar-refractivity contribution in [3.05, 3.63) is 76.0 Å². The summed E-state index contributed by atoms with van der Waals surface area (Å²) in [5, 5.41) is 28.6. The standard InChI is InChI=1S/C17H15N5O4/c1-20(11-12-6-3-2-4-7-12)16-15(17(23)24)18-21(19-16)13-8-5-9-14(10-13)22(25)26/h2-10H,11H2,1H3,(H,23,24). The predicted molar refractivity (Wildman–Crippen MR) is 93.5 cm³/mol. The van der Waals surface area contributed by atoms with Gasteiger partial charge in [0.2, 0.25) is 5.69 Å². The number of nitrogens with zero attached hydrogens (tertiary/aromatic N) is 5. The van der Waals surface area contributed by atoms with E-state index < -0.39 is 10.9 Å². The third kappa shape index (κ3) is 3.51. The minimum absolute atomic E-state index is 0.129. The molecule has 0 aliphatic heterocycles. The lowest BCUT2D eigenvalue weighted by atomic mass is 10.2. The minimum atomic E-state index is -1.23. The third-order valence-electron chi connectivity index (χ3n) is 3.69. The van der Waals surface area contributed by atoms with Crippen LogP contribution in [0.25, 0.3) is 5.69 Å². The maximum Gasteiger partial charge on any atom is 0.360 e. The van der Waals surface area contributed by atoms with Crippen LogP contribution in [0.5, 0.6) is 0 Å². The van der Waals surface area contributed by atoms with Crippen molar-refractivity contribution in [2.75, 3.05) is 11.9 Å². The molecule has 0 saturated carbocycles. The van der Waals surface area contributed by atoms with Crippen molar-refractivity contribution in [3.8, 4) is 5.69 Å². The molecule has 26 heavy (non-hydrogen) atoms. The number of carbonyl (C=O) groups is 1. The molecular formula is C17H15N5O4. The fraction of sp³-hybridized carbons (Fsp3) is 0.118. The Morgan fingerprint density at radius 2 is 1.92 bits per heavy atom. The summed E-state index contributed by atoms with van der Waals surface area (Å²) >= 11 is 0. The Morgan fingerprint density at radius 3 is 2.58 bits per heavy atom. The number of non-ortho nitro benzene ring substituents is 1. The van der Waals surface area contributed by atoms with Crippen LogP contribution in [-0.2, 0) is 6.54 Å². The van der Waals surface area contributed by atoms with Gasteiger partial charge in [0.05, 0.1) is 10.6 Å². The number of aromatic carboxylic acids is 1. The van der Waals surface area contributed by atoms with Gasteiger partial charge in [0.25, 0.3) is 5.69 Å².